The molecule has 0 bridgehead atoms. The highest BCUT2D eigenvalue weighted by Crippen LogP contribution is 2.70. The summed E-state index contributed by atoms with van der Waals surface area (Å²) in [7, 11) is 0. The largest absolute Gasteiger partial charge is 0.469 e. The number of aliphatic hydroxyl groups is 1. The van der Waals surface area contributed by atoms with E-state index in [1.54, 1.807) is 19.3 Å². The van der Waals surface area contributed by atoms with E-state index in [0.717, 1.165) is 23.3 Å². The van der Waals surface area contributed by atoms with Crippen molar-refractivity contribution >= 4 is 5.97 Å². The molecule has 1 aliphatic heterocycles. The van der Waals surface area contributed by atoms with Gasteiger partial charge in [0.1, 0.15) is 17.5 Å². The molecule has 0 unspecified atom stereocenters. The minimum atomic E-state index is -1.00. The number of furan rings is 1. The van der Waals surface area contributed by atoms with Gasteiger partial charge in [0.15, 0.2) is 0 Å². The zero-order valence-electron chi connectivity index (χ0n) is 15.5. The first-order valence-corrected chi connectivity index (χ1v) is 8.99. The molecule has 2 aliphatic carbocycles. The lowest BCUT2D eigenvalue weighted by atomic mass is 9.51. The standard InChI is InChI=1S/C20H26O5/c1-6-11(2)17(21)24-16-15-12(3)10-23-13(15)9-20-14(25-20)7-8-18(4,22)19(16,20)5/h6,10,14,16,22H,7-9H2,1-5H3/t14-,16-,18-,19-,20-/m1/s1. The van der Waals surface area contributed by atoms with Gasteiger partial charge in [-0.25, -0.2) is 4.79 Å². The molecule has 5 nitrogen and oxygen atoms in total. The van der Waals surface area contributed by atoms with E-state index >= 15 is 0 Å². The SMILES string of the molecule is CC=C(C)C(=O)O[C@@H]1c2c(C)coc2C[C@@]23O[C@@H]2CC[C@@](C)(O)[C@@]13C. The lowest BCUT2D eigenvalue weighted by molar-refractivity contribution is -0.200. The van der Waals surface area contributed by atoms with E-state index in [2.05, 4.69) is 0 Å². The number of ether oxygens (including phenoxy) is 2. The molecule has 1 spiro atoms. The molecule has 0 amide bonds. The molecule has 136 valence electrons. The summed E-state index contributed by atoms with van der Waals surface area (Å²) in [6.45, 7) is 9.35. The number of rotatable bonds is 2. The van der Waals surface area contributed by atoms with Crippen molar-refractivity contribution in [2.24, 2.45) is 5.41 Å². The van der Waals surface area contributed by atoms with E-state index in [4.69, 9.17) is 13.9 Å². The molecule has 1 aromatic heterocycles. The Morgan fingerprint density at radius 2 is 2.16 bits per heavy atom. The van der Waals surface area contributed by atoms with E-state index in [-0.39, 0.29) is 12.1 Å². The molecule has 0 radical (unpaired) electrons. The van der Waals surface area contributed by atoms with Crippen LogP contribution in [0.5, 0.6) is 0 Å². The Kier molecular flexibility index (Phi) is 3.36. The number of allylic oxidation sites excluding steroid dienone is 1. The van der Waals surface area contributed by atoms with E-state index in [0.29, 0.717) is 18.4 Å². The Hall–Kier alpha value is -1.59. The summed E-state index contributed by atoms with van der Waals surface area (Å²) in [6.07, 6.45) is 4.98. The maximum absolute atomic E-state index is 12.6. The average Bonchev–Trinajstić information content (AvgIpc) is 3.16. The van der Waals surface area contributed by atoms with Gasteiger partial charge in [0, 0.05) is 17.6 Å². The molecular formula is C20H26O5. The van der Waals surface area contributed by atoms with Crippen LogP contribution in [0.1, 0.15) is 63.5 Å². The minimum Gasteiger partial charge on any atom is -0.469 e. The van der Waals surface area contributed by atoms with E-state index in [1.807, 2.05) is 27.7 Å². The van der Waals surface area contributed by atoms with Crippen LogP contribution >= 0.6 is 0 Å². The molecule has 1 N–H and O–H groups in total. The second-order valence-corrected chi connectivity index (χ2v) is 8.20. The smallest absolute Gasteiger partial charge is 0.334 e. The Labute approximate surface area is 148 Å². The second kappa shape index (κ2) is 4.98. The molecule has 5 heteroatoms. The summed E-state index contributed by atoms with van der Waals surface area (Å²) < 4.78 is 17.9. The lowest BCUT2D eigenvalue weighted by Gasteiger charge is -2.54. The fourth-order valence-electron chi connectivity index (χ4n) is 4.96. The fourth-order valence-corrected chi connectivity index (χ4v) is 4.96. The van der Waals surface area contributed by atoms with Crippen LogP contribution in [-0.2, 0) is 20.7 Å². The quantitative estimate of drug-likeness (QED) is 0.505. The van der Waals surface area contributed by atoms with Gasteiger partial charge in [0.25, 0.3) is 0 Å². The highest BCUT2D eigenvalue weighted by Gasteiger charge is 2.79. The van der Waals surface area contributed by atoms with Crippen molar-refractivity contribution in [3.63, 3.8) is 0 Å². The lowest BCUT2D eigenvalue weighted by Crippen LogP contribution is -2.63. The third-order valence-electron chi connectivity index (χ3n) is 7.00. The Bertz CT molecular complexity index is 773. The number of carbonyl (C=O) groups excluding carboxylic acids is 1. The number of aryl methyl sites for hydroxylation is 1. The summed E-state index contributed by atoms with van der Waals surface area (Å²) >= 11 is 0. The van der Waals surface area contributed by atoms with Crippen molar-refractivity contribution in [1.82, 2.24) is 0 Å². The van der Waals surface area contributed by atoms with Gasteiger partial charge in [-0.05, 0) is 46.1 Å². The van der Waals surface area contributed by atoms with Crippen LogP contribution in [0.2, 0.25) is 0 Å². The molecule has 1 saturated heterocycles. The van der Waals surface area contributed by atoms with Crippen molar-refractivity contribution in [2.75, 3.05) is 0 Å². The third kappa shape index (κ3) is 1.94. The molecule has 0 aromatic carbocycles. The van der Waals surface area contributed by atoms with Crippen molar-refractivity contribution in [1.29, 1.82) is 0 Å². The Balaban J connectivity index is 1.88. The number of epoxide rings is 1. The highest BCUT2D eigenvalue weighted by atomic mass is 16.6. The van der Waals surface area contributed by atoms with Gasteiger partial charge in [-0.3, -0.25) is 0 Å². The number of fused-ring (bicyclic) bond motifs is 1. The predicted octanol–water partition coefficient (Wildman–Crippen LogP) is 3.38. The first kappa shape index (κ1) is 16.9. The van der Waals surface area contributed by atoms with E-state index < -0.39 is 22.7 Å². The maximum atomic E-state index is 12.6. The van der Waals surface area contributed by atoms with Crippen LogP contribution in [-0.4, -0.2) is 28.4 Å². The van der Waals surface area contributed by atoms with Crippen molar-refractivity contribution < 1.29 is 23.8 Å². The van der Waals surface area contributed by atoms with Crippen molar-refractivity contribution in [2.45, 2.75) is 77.3 Å². The Morgan fingerprint density at radius 1 is 1.44 bits per heavy atom. The Morgan fingerprint density at radius 3 is 2.84 bits per heavy atom. The van der Waals surface area contributed by atoms with Gasteiger partial charge in [0.05, 0.1) is 23.4 Å². The van der Waals surface area contributed by atoms with Crippen LogP contribution in [0, 0.1) is 12.3 Å². The van der Waals surface area contributed by atoms with Crippen LogP contribution in [0.4, 0.5) is 0 Å². The maximum Gasteiger partial charge on any atom is 0.334 e. The monoisotopic (exact) mass is 346 g/mol. The van der Waals surface area contributed by atoms with Gasteiger partial charge >= 0.3 is 5.97 Å². The van der Waals surface area contributed by atoms with Gasteiger partial charge in [-0.15, -0.1) is 0 Å². The highest BCUT2D eigenvalue weighted by molar-refractivity contribution is 5.88. The summed E-state index contributed by atoms with van der Waals surface area (Å²) in [5, 5.41) is 11.3. The van der Waals surface area contributed by atoms with Gasteiger partial charge in [0.2, 0.25) is 0 Å². The summed E-state index contributed by atoms with van der Waals surface area (Å²) in [5.74, 6) is 0.446. The third-order valence-corrected chi connectivity index (χ3v) is 7.00. The van der Waals surface area contributed by atoms with Gasteiger partial charge in [-0.1, -0.05) is 13.0 Å². The number of esters is 1. The van der Waals surface area contributed by atoms with Crippen LogP contribution in [0.3, 0.4) is 0 Å². The molecule has 1 aromatic rings. The second-order valence-electron chi connectivity index (χ2n) is 8.20. The zero-order chi connectivity index (χ0) is 18.2. The topological polar surface area (TPSA) is 72.2 Å². The molecule has 4 rings (SSSR count). The molecule has 5 atom stereocenters. The van der Waals surface area contributed by atoms with E-state index in [1.165, 1.54) is 0 Å². The summed E-state index contributed by atoms with van der Waals surface area (Å²) in [6, 6.07) is 0. The molecular weight excluding hydrogens is 320 g/mol. The van der Waals surface area contributed by atoms with E-state index in [9.17, 15) is 9.90 Å². The molecule has 2 fully saturated rings. The molecule has 25 heavy (non-hydrogen) atoms. The van der Waals surface area contributed by atoms with Crippen LogP contribution < -0.4 is 0 Å². The predicted molar refractivity (Wildman–Crippen MR) is 91.0 cm³/mol. The number of carbonyl (C=O) groups is 1. The molecule has 1 saturated carbocycles. The van der Waals surface area contributed by atoms with Crippen LogP contribution in [0.15, 0.2) is 22.3 Å². The molecule has 2 heterocycles. The number of hydrogen-bond donors (Lipinski definition) is 1. The van der Waals surface area contributed by atoms with Crippen molar-refractivity contribution in [3.8, 4) is 0 Å². The van der Waals surface area contributed by atoms with Crippen LogP contribution in [0.25, 0.3) is 0 Å². The van der Waals surface area contributed by atoms with Gasteiger partial charge < -0.3 is 19.0 Å². The minimum absolute atomic E-state index is 0.0836. The average molecular weight is 346 g/mol. The number of hydrogen-bond acceptors (Lipinski definition) is 5. The molecule has 3 aliphatic rings. The summed E-state index contributed by atoms with van der Waals surface area (Å²) in [4.78, 5) is 12.6. The van der Waals surface area contributed by atoms with Crippen molar-refractivity contribution in [3.05, 3.63) is 34.8 Å². The first-order chi connectivity index (χ1) is 11.7. The van der Waals surface area contributed by atoms with Gasteiger partial charge in [-0.2, -0.15) is 0 Å². The normalized spacial score (nSPS) is 42.2. The summed E-state index contributed by atoms with van der Waals surface area (Å²) in [5.41, 5.74) is 0.127. The first-order valence-electron chi connectivity index (χ1n) is 8.99. The zero-order valence-corrected chi connectivity index (χ0v) is 15.5. The fraction of sp³-hybridized carbons (Fsp3) is 0.650.